The Balaban J connectivity index is 1.79. The molecular formula is C29H35N5O9. The molecule has 0 radical (unpaired) electrons. The number of carbonyl (C=O) groups is 5. The first-order valence-electron chi connectivity index (χ1n) is 13.5. The van der Waals surface area contributed by atoms with Gasteiger partial charge in [-0.25, -0.2) is 4.79 Å². The SMILES string of the molecule is CC(O)C(NC(=O)C(N)Cc1ccc(O)cc1)C(=O)NC(Cc1c[nH]c2ccccc12)C(=O)NC(CCC(=O)O)C(=O)O. The van der Waals surface area contributed by atoms with Crippen LogP contribution in [0.25, 0.3) is 10.9 Å². The van der Waals surface area contributed by atoms with Gasteiger partial charge in [-0.1, -0.05) is 30.3 Å². The normalized spacial score (nSPS) is 14.6. The number of phenols is 1. The summed E-state index contributed by atoms with van der Waals surface area (Å²) in [6, 6.07) is 7.64. The molecule has 5 unspecified atom stereocenters. The van der Waals surface area contributed by atoms with Gasteiger partial charge in [0.2, 0.25) is 17.7 Å². The third kappa shape index (κ3) is 9.28. The summed E-state index contributed by atoms with van der Waals surface area (Å²) in [4.78, 5) is 65.2. The average molecular weight is 598 g/mol. The molecule has 10 N–H and O–H groups in total. The van der Waals surface area contributed by atoms with Gasteiger partial charge >= 0.3 is 11.9 Å². The van der Waals surface area contributed by atoms with Crippen LogP contribution in [0.3, 0.4) is 0 Å². The van der Waals surface area contributed by atoms with Crippen molar-refractivity contribution >= 4 is 40.6 Å². The number of nitrogens with two attached hydrogens (primary N) is 1. The highest BCUT2D eigenvalue weighted by atomic mass is 16.4. The lowest BCUT2D eigenvalue weighted by Gasteiger charge is -2.26. The Morgan fingerprint density at radius 3 is 2.14 bits per heavy atom. The van der Waals surface area contributed by atoms with E-state index >= 15 is 0 Å². The summed E-state index contributed by atoms with van der Waals surface area (Å²) in [5.41, 5.74) is 8.02. The number of hydrogen-bond donors (Lipinski definition) is 9. The Bertz CT molecular complexity index is 1450. The number of carboxylic acid groups (broad SMARTS) is 2. The van der Waals surface area contributed by atoms with Crippen molar-refractivity contribution in [2.24, 2.45) is 5.73 Å². The van der Waals surface area contributed by atoms with Crippen molar-refractivity contribution in [1.29, 1.82) is 0 Å². The highest BCUT2D eigenvalue weighted by Gasteiger charge is 2.33. The topological polar surface area (TPSA) is 244 Å². The van der Waals surface area contributed by atoms with E-state index in [0.717, 1.165) is 10.9 Å². The molecule has 1 aromatic heterocycles. The number of fused-ring (bicyclic) bond motifs is 1. The summed E-state index contributed by atoms with van der Waals surface area (Å²) in [5.74, 6) is -5.26. The summed E-state index contributed by atoms with van der Waals surface area (Å²) in [5, 5.41) is 46.2. The van der Waals surface area contributed by atoms with Crippen molar-refractivity contribution in [3.05, 3.63) is 65.9 Å². The fourth-order valence-electron chi connectivity index (χ4n) is 4.43. The number of aromatic amines is 1. The van der Waals surface area contributed by atoms with E-state index in [1.165, 1.54) is 19.1 Å². The van der Waals surface area contributed by atoms with Gasteiger partial charge in [0.15, 0.2) is 0 Å². The van der Waals surface area contributed by atoms with E-state index in [-0.39, 0.29) is 18.6 Å². The van der Waals surface area contributed by atoms with Crippen LogP contribution in [-0.2, 0) is 36.8 Å². The molecule has 0 bridgehead atoms. The Hall–Kier alpha value is -4.95. The summed E-state index contributed by atoms with van der Waals surface area (Å²) in [7, 11) is 0. The molecule has 0 fully saturated rings. The predicted octanol–water partition coefficient (Wildman–Crippen LogP) is -0.229. The maximum atomic E-state index is 13.3. The molecule has 3 amide bonds. The van der Waals surface area contributed by atoms with Gasteiger partial charge in [0.05, 0.1) is 12.1 Å². The number of nitrogens with one attached hydrogen (secondary N) is 4. The maximum absolute atomic E-state index is 13.3. The number of hydrogen-bond acceptors (Lipinski definition) is 8. The van der Waals surface area contributed by atoms with Crippen molar-refractivity contribution in [2.75, 3.05) is 0 Å². The van der Waals surface area contributed by atoms with Crippen LogP contribution in [0.4, 0.5) is 0 Å². The van der Waals surface area contributed by atoms with Gasteiger partial charge in [-0.3, -0.25) is 19.2 Å². The van der Waals surface area contributed by atoms with Gasteiger partial charge in [-0.05, 0) is 49.1 Å². The fourth-order valence-corrected chi connectivity index (χ4v) is 4.43. The second kappa shape index (κ2) is 14.8. The Labute approximate surface area is 246 Å². The van der Waals surface area contributed by atoms with Crippen LogP contribution in [0.2, 0.25) is 0 Å². The molecule has 0 saturated carbocycles. The first kappa shape index (κ1) is 32.6. The number of para-hydroxylation sites is 1. The van der Waals surface area contributed by atoms with Crippen LogP contribution in [0.15, 0.2) is 54.7 Å². The fraction of sp³-hybridized carbons (Fsp3) is 0.345. The number of carboxylic acids is 2. The molecule has 2 aromatic carbocycles. The first-order valence-corrected chi connectivity index (χ1v) is 13.5. The molecule has 0 saturated heterocycles. The zero-order valence-corrected chi connectivity index (χ0v) is 23.3. The minimum absolute atomic E-state index is 0.0374. The smallest absolute Gasteiger partial charge is 0.326 e. The van der Waals surface area contributed by atoms with Crippen LogP contribution < -0.4 is 21.7 Å². The minimum atomic E-state index is -1.55. The molecule has 14 heteroatoms. The third-order valence-corrected chi connectivity index (χ3v) is 6.78. The lowest BCUT2D eigenvalue weighted by Crippen LogP contribution is -2.60. The number of aliphatic hydroxyl groups is 1. The number of carbonyl (C=O) groups excluding carboxylic acids is 3. The number of aromatic hydroxyl groups is 1. The van der Waals surface area contributed by atoms with E-state index in [1.807, 2.05) is 0 Å². The number of benzene rings is 2. The Kier molecular flexibility index (Phi) is 11.2. The number of aromatic nitrogens is 1. The van der Waals surface area contributed by atoms with E-state index in [9.17, 15) is 39.3 Å². The second-order valence-corrected chi connectivity index (χ2v) is 10.2. The largest absolute Gasteiger partial charge is 0.508 e. The van der Waals surface area contributed by atoms with Crippen molar-refractivity contribution in [1.82, 2.24) is 20.9 Å². The van der Waals surface area contributed by atoms with Gasteiger partial charge in [0.25, 0.3) is 0 Å². The van der Waals surface area contributed by atoms with Crippen molar-refractivity contribution in [2.45, 2.75) is 62.9 Å². The molecule has 14 nitrogen and oxygen atoms in total. The predicted molar refractivity (Wildman–Crippen MR) is 154 cm³/mol. The zero-order valence-electron chi connectivity index (χ0n) is 23.3. The molecule has 3 rings (SSSR count). The van der Waals surface area contributed by atoms with Gasteiger partial charge in [-0.2, -0.15) is 0 Å². The van der Waals surface area contributed by atoms with Crippen LogP contribution in [0.5, 0.6) is 5.75 Å². The highest BCUT2D eigenvalue weighted by molar-refractivity contribution is 5.95. The standard InChI is InChI=1S/C29H35N5O9/c1-15(35)25(34-26(39)20(30)12-16-6-8-18(36)9-7-16)28(41)33-23(13-17-14-31-21-5-3-2-4-19(17)21)27(40)32-22(29(42)43)10-11-24(37)38/h2-9,14-15,20,22-23,25,31,35-36H,10-13,30H2,1H3,(H,32,40)(H,33,41)(H,34,39)(H,37,38)(H,42,43). The van der Waals surface area contributed by atoms with E-state index < -0.39 is 72.8 Å². The van der Waals surface area contributed by atoms with E-state index in [4.69, 9.17) is 10.8 Å². The van der Waals surface area contributed by atoms with E-state index in [1.54, 1.807) is 42.6 Å². The molecular weight excluding hydrogens is 562 g/mol. The maximum Gasteiger partial charge on any atom is 0.326 e. The van der Waals surface area contributed by atoms with Crippen LogP contribution in [-0.4, -0.2) is 85.3 Å². The highest BCUT2D eigenvalue weighted by Crippen LogP contribution is 2.19. The molecule has 0 aliphatic heterocycles. The van der Waals surface area contributed by atoms with Crippen molar-refractivity contribution in [3.8, 4) is 5.75 Å². The second-order valence-electron chi connectivity index (χ2n) is 10.2. The lowest BCUT2D eigenvalue weighted by atomic mass is 10.0. The van der Waals surface area contributed by atoms with Crippen molar-refractivity contribution < 1.29 is 44.4 Å². The number of aliphatic hydroxyl groups excluding tert-OH is 1. The van der Waals surface area contributed by atoms with Crippen LogP contribution >= 0.6 is 0 Å². The number of H-pyrrole nitrogens is 1. The molecule has 43 heavy (non-hydrogen) atoms. The number of amides is 3. The number of phenolic OH excluding ortho intramolecular Hbond substituents is 1. The third-order valence-electron chi connectivity index (χ3n) is 6.78. The quantitative estimate of drug-likeness (QED) is 0.111. The van der Waals surface area contributed by atoms with Crippen LogP contribution in [0, 0.1) is 0 Å². The van der Waals surface area contributed by atoms with E-state index in [2.05, 4.69) is 20.9 Å². The Morgan fingerprint density at radius 1 is 0.860 bits per heavy atom. The molecule has 0 aliphatic carbocycles. The summed E-state index contributed by atoms with van der Waals surface area (Å²) in [6.45, 7) is 1.26. The lowest BCUT2D eigenvalue weighted by molar-refractivity contribution is -0.143. The molecule has 0 spiro atoms. The van der Waals surface area contributed by atoms with Gasteiger partial charge in [-0.15, -0.1) is 0 Å². The molecule has 3 aromatic rings. The number of aliphatic carboxylic acids is 2. The van der Waals surface area contributed by atoms with Crippen LogP contribution in [0.1, 0.15) is 30.9 Å². The zero-order chi connectivity index (χ0) is 31.7. The monoisotopic (exact) mass is 597 g/mol. The Morgan fingerprint density at radius 2 is 1.51 bits per heavy atom. The minimum Gasteiger partial charge on any atom is -0.508 e. The van der Waals surface area contributed by atoms with Gasteiger partial charge < -0.3 is 47.1 Å². The molecule has 5 atom stereocenters. The average Bonchev–Trinajstić information content (AvgIpc) is 3.36. The van der Waals surface area contributed by atoms with Crippen molar-refractivity contribution in [3.63, 3.8) is 0 Å². The summed E-state index contributed by atoms with van der Waals surface area (Å²) >= 11 is 0. The summed E-state index contributed by atoms with van der Waals surface area (Å²) < 4.78 is 0. The van der Waals surface area contributed by atoms with Gasteiger partial charge in [0.1, 0.15) is 23.9 Å². The molecule has 230 valence electrons. The van der Waals surface area contributed by atoms with Gasteiger partial charge in [0, 0.05) is 29.9 Å². The molecule has 1 heterocycles. The molecule has 0 aliphatic rings. The summed E-state index contributed by atoms with van der Waals surface area (Å²) in [6.07, 6.45) is -0.727. The number of rotatable bonds is 15. The van der Waals surface area contributed by atoms with E-state index in [0.29, 0.717) is 11.1 Å². The first-order chi connectivity index (χ1) is 20.3.